The highest BCUT2D eigenvalue weighted by Crippen LogP contribution is 2.27. The molecule has 0 unspecified atom stereocenters. The Morgan fingerprint density at radius 1 is 1.52 bits per heavy atom. The standard InChI is InChI=1S/C12H15N5O4/c1-21-11-8-9(4-5-10(11)17(19)20)12(18)14-6-2-3-7-15-16-13/h4-5,8H,2-3,6-7H2,1H3,(H,14,18). The van der Waals surface area contributed by atoms with Crippen LogP contribution < -0.4 is 10.1 Å². The van der Waals surface area contributed by atoms with Crippen LogP contribution in [0.4, 0.5) is 5.69 Å². The van der Waals surface area contributed by atoms with E-state index in [1.54, 1.807) is 0 Å². The van der Waals surface area contributed by atoms with E-state index >= 15 is 0 Å². The lowest BCUT2D eigenvalue weighted by Crippen LogP contribution is -2.24. The molecule has 0 fully saturated rings. The molecule has 0 saturated carbocycles. The van der Waals surface area contributed by atoms with E-state index in [-0.39, 0.29) is 22.9 Å². The largest absolute Gasteiger partial charge is 0.490 e. The van der Waals surface area contributed by atoms with Gasteiger partial charge in [-0.2, -0.15) is 0 Å². The molecule has 1 aromatic rings. The lowest BCUT2D eigenvalue weighted by molar-refractivity contribution is -0.385. The van der Waals surface area contributed by atoms with Crippen LogP contribution in [0.25, 0.3) is 10.4 Å². The first-order valence-corrected chi connectivity index (χ1v) is 6.21. The van der Waals surface area contributed by atoms with Gasteiger partial charge in [-0.1, -0.05) is 5.11 Å². The smallest absolute Gasteiger partial charge is 0.310 e. The molecule has 0 bridgehead atoms. The van der Waals surface area contributed by atoms with Gasteiger partial charge < -0.3 is 10.1 Å². The van der Waals surface area contributed by atoms with Crippen LogP contribution in [0.15, 0.2) is 23.3 Å². The molecule has 0 radical (unpaired) electrons. The Hall–Kier alpha value is -2.80. The van der Waals surface area contributed by atoms with Crippen molar-refractivity contribution in [3.05, 3.63) is 44.3 Å². The van der Waals surface area contributed by atoms with Crippen molar-refractivity contribution in [1.29, 1.82) is 0 Å². The summed E-state index contributed by atoms with van der Waals surface area (Å²) in [5, 5.41) is 16.8. The molecule has 1 N–H and O–H groups in total. The first kappa shape index (κ1) is 16.3. The number of carbonyl (C=O) groups excluding carboxylic acids is 1. The molecule has 9 nitrogen and oxygen atoms in total. The molecule has 0 aliphatic rings. The molecular weight excluding hydrogens is 278 g/mol. The van der Waals surface area contributed by atoms with Crippen molar-refractivity contribution in [2.45, 2.75) is 12.8 Å². The summed E-state index contributed by atoms with van der Waals surface area (Å²) >= 11 is 0. The Labute approximate surface area is 120 Å². The number of ether oxygens (including phenoxy) is 1. The maximum atomic E-state index is 11.9. The van der Waals surface area contributed by atoms with Crippen molar-refractivity contribution in [2.75, 3.05) is 20.2 Å². The summed E-state index contributed by atoms with van der Waals surface area (Å²) in [4.78, 5) is 24.7. The van der Waals surface area contributed by atoms with Gasteiger partial charge in [0.2, 0.25) is 0 Å². The summed E-state index contributed by atoms with van der Waals surface area (Å²) in [6.07, 6.45) is 1.35. The topological polar surface area (TPSA) is 130 Å². The highest BCUT2D eigenvalue weighted by molar-refractivity contribution is 5.95. The number of rotatable bonds is 8. The number of azide groups is 1. The fourth-order valence-corrected chi connectivity index (χ4v) is 1.63. The molecule has 1 rings (SSSR count). The number of hydrogen-bond acceptors (Lipinski definition) is 5. The highest BCUT2D eigenvalue weighted by atomic mass is 16.6. The van der Waals surface area contributed by atoms with Gasteiger partial charge in [0.15, 0.2) is 5.75 Å². The zero-order valence-electron chi connectivity index (χ0n) is 11.5. The SMILES string of the molecule is COc1cc(C(=O)NCCCCN=[N+]=[N-])ccc1[N+](=O)[O-]. The van der Waals surface area contributed by atoms with Gasteiger partial charge in [0.05, 0.1) is 12.0 Å². The van der Waals surface area contributed by atoms with E-state index in [4.69, 9.17) is 10.3 Å². The molecule has 0 aliphatic carbocycles. The second-order valence-electron chi connectivity index (χ2n) is 4.06. The monoisotopic (exact) mass is 293 g/mol. The van der Waals surface area contributed by atoms with Gasteiger partial charge >= 0.3 is 5.69 Å². The third-order valence-corrected chi connectivity index (χ3v) is 2.67. The summed E-state index contributed by atoms with van der Waals surface area (Å²) < 4.78 is 4.90. The number of nitrogens with one attached hydrogen (secondary N) is 1. The predicted octanol–water partition coefficient (Wildman–Crippen LogP) is 2.42. The second kappa shape index (κ2) is 8.39. The molecule has 9 heteroatoms. The van der Waals surface area contributed by atoms with Crippen molar-refractivity contribution in [2.24, 2.45) is 5.11 Å². The maximum absolute atomic E-state index is 11.9. The van der Waals surface area contributed by atoms with Gasteiger partial charge in [-0.25, -0.2) is 0 Å². The molecule has 0 atom stereocenters. The molecule has 0 heterocycles. The summed E-state index contributed by atoms with van der Waals surface area (Å²) in [7, 11) is 1.31. The van der Waals surface area contributed by atoms with Crippen LogP contribution in [0.3, 0.4) is 0 Å². The maximum Gasteiger partial charge on any atom is 0.310 e. The molecule has 0 aromatic heterocycles. The van der Waals surface area contributed by atoms with Gasteiger partial charge in [0.1, 0.15) is 0 Å². The van der Waals surface area contributed by atoms with Crippen molar-refractivity contribution < 1.29 is 14.5 Å². The number of hydrogen-bond donors (Lipinski definition) is 1. The highest BCUT2D eigenvalue weighted by Gasteiger charge is 2.17. The number of unbranched alkanes of at least 4 members (excludes halogenated alkanes) is 1. The molecule has 21 heavy (non-hydrogen) atoms. The molecular formula is C12H15N5O4. The van der Waals surface area contributed by atoms with Gasteiger partial charge in [-0.3, -0.25) is 14.9 Å². The van der Waals surface area contributed by atoms with E-state index < -0.39 is 4.92 Å². The minimum Gasteiger partial charge on any atom is -0.490 e. The Balaban J connectivity index is 2.58. The number of carbonyl (C=O) groups is 1. The Morgan fingerprint density at radius 2 is 2.29 bits per heavy atom. The number of methoxy groups -OCH3 is 1. The lowest BCUT2D eigenvalue weighted by Gasteiger charge is -2.06. The fourth-order valence-electron chi connectivity index (χ4n) is 1.63. The molecule has 1 aromatic carbocycles. The van der Waals surface area contributed by atoms with Gasteiger partial charge in [-0.05, 0) is 24.4 Å². The third kappa shape index (κ3) is 5.00. The number of nitrogens with zero attached hydrogens (tertiary/aromatic N) is 4. The van der Waals surface area contributed by atoms with Crippen LogP contribution in [0.1, 0.15) is 23.2 Å². The third-order valence-electron chi connectivity index (χ3n) is 2.67. The van der Waals surface area contributed by atoms with Crippen LogP contribution in [-0.4, -0.2) is 31.0 Å². The van der Waals surface area contributed by atoms with E-state index in [1.807, 2.05) is 0 Å². The average molecular weight is 293 g/mol. The molecule has 0 aliphatic heterocycles. The second-order valence-corrected chi connectivity index (χ2v) is 4.06. The Morgan fingerprint density at radius 3 is 2.90 bits per heavy atom. The number of amides is 1. The first-order chi connectivity index (χ1) is 10.1. The minimum atomic E-state index is -0.573. The van der Waals surface area contributed by atoms with Crippen molar-refractivity contribution in [1.82, 2.24) is 5.32 Å². The summed E-state index contributed by atoms with van der Waals surface area (Å²) in [5.41, 5.74) is 8.19. The number of benzene rings is 1. The number of nitro groups is 1. The lowest BCUT2D eigenvalue weighted by atomic mass is 10.1. The van der Waals surface area contributed by atoms with Crippen LogP contribution in [0.5, 0.6) is 5.75 Å². The molecule has 112 valence electrons. The average Bonchev–Trinajstić information content (AvgIpc) is 2.49. The Bertz CT molecular complexity index is 569. The zero-order chi connectivity index (χ0) is 15.7. The van der Waals surface area contributed by atoms with Gasteiger partial charge in [0.25, 0.3) is 5.91 Å². The van der Waals surface area contributed by atoms with Crippen molar-refractivity contribution >= 4 is 11.6 Å². The summed E-state index contributed by atoms with van der Waals surface area (Å²) in [5.74, 6) is -0.303. The minimum absolute atomic E-state index is 0.0380. The van der Waals surface area contributed by atoms with Gasteiger partial charge in [-0.15, -0.1) is 0 Å². The van der Waals surface area contributed by atoms with Crippen LogP contribution >= 0.6 is 0 Å². The number of nitro benzene ring substituents is 1. The van der Waals surface area contributed by atoms with E-state index in [0.717, 1.165) is 0 Å². The zero-order valence-corrected chi connectivity index (χ0v) is 11.5. The Kier molecular flexibility index (Phi) is 6.49. The fraction of sp³-hybridized carbons (Fsp3) is 0.417. The van der Waals surface area contributed by atoms with E-state index in [1.165, 1.54) is 25.3 Å². The summed E-state index contributed by atoms with van der Waals surface area (Å²) in [6.45, 7) is 0.816. The van der Waals surface area contributed by atoms with Crippen molar-refractivity contribution in [3.63, 3.8) is 0 Å². The van der Waals surface area contributed by atoms with E-state index in [2.05, 4.69) is 15.3 Å². The van der Waals surface area contributed by atoms with E-state index in [0.29, 0.717) is 25.9 Å². The quantitative estimate of drug-likeness (QED) is 0.197. The normalized spacial score (nSPS) is 9.57. The van der Waals surface area contributed by atoms with Crippen LogP contribution in [0.2, 0.25) is 0 Å². The van der Waals surface area contributed by atoms with E-state index in [9.17, 15) is 14.9 Å². The predicted molar refractivity (Wildman–Crippen MR) is 75.2 cm³/mol. The first-order valence-electron chi connectivity index (χ1n) is 6.21. The summed E-state index contributed by atoms with van der Waals surface area (Å²) in [6, 6.07) is 3.93. The van der Waals surface area contributed by atoms with Crippen LogP contribution in [0, 0.1) is 10.1 Å². The molecule has 0 spiro atoms. The van der Waals surface area contributed by atoms with Gasteiger partial charge in [0, 0.05) is 35.7 Å². The molecule has 1 amide bonds. The van der Waals surface area contributed by atoms with Crippen molar-refractivity contribution in [3.8, 4) is 5.75 Å². The molecule has 0 saturated heterocycles. The van der Waals surface area contributed by atoms with Crippen LogP contribution in [-0.2, 0) is 0 Å².